The summed E-state index contributed by atoms with van der Waals surface area (Å²) in [6.07, 6.45) is 1.97. The third kappa shape index (κ3) is 3.78. The number of carbonyl (C=O) groups excluding carboxylic acids is 1. The maximum absolute atomic E-state index is 12.4. The van der Waals surface area contributed by atoms with Gasteiger partial charge in [0.25, 0.3) is 0 Å². The van der Waals surface area contributed by atoms with Crippen LogP contribution in [-0.2, 0) is 4.79 Å². The van der Waals surface area contributed by atoms with Crippen LogP contribution in [0.25, 0.3) is 0 Å². The predicted molar refractivity (Wildman–Crippen MR) is 87.4 cm³/mol. The van der Waals surface area contributed by atoms with Gasteiger partial charge in [0, 0.05) is 17.6 Å². The lowest BCUT2D eigenvalue weighted by molar-refractivity contribution is -0.137. The molecule has 0 bridgehead atoms. The second-order valence-electron chi connectivity index (χ2n) is 6.42. The second kappa shape index (κ2) is 6.80. The van der Waals surface area contributed by atoms with Crippen LogP contribution in [0, 0.1) is 5.92 Å². The number of rotatable bonds is 3. The summed E-state index contributed by atoms with van der Waals surface area (Å²) in [7, 11) is 0. The minimum atomic E-state index is -0.389. The zero-order valence-corrected chi connectivity index (χ0v) is 13.8. The number of amides is 1. The highest BCUT2D eigenvalue weighted by Crippen LogP contribution is 2.32. The summed E-state index contributed by atoms with van der Waals surface area (Å²) in [5.41, 5.74) is 7.32. The van der Waals surface area contributed by atoms with Crippen molar-refractivity contribution < 1.29 is 4.79 Å². The zero-order valence-electron chi connectivity index (χ0n) is 13.1. The van der Waals surface area contributed by atoms with E-state index in [4.69, 9.17) is 17.3 Å². The van der Waals surface area contributed by atoms with Crippen molar-refractivity contribution in [3.8, 4) is 0 Å². The van der Waals surface area contributed by atoms with Crippen LogP contribution in [0.1, 0.15) is 45.1 Å². The van der Waals surface area contributed by atoms with Gasteiger partial charge in [0.1, 0.15) is 0 Å². The van der Waals surface area contributed by atoms with Gasteiger partial charge in [0.2, 0.25) is 5.91 Å². The Morgan fingerprint density at radius 2 is 1.95 bits per heavy atom. The highest BCUT2D eigenvalue weighted by Gasteiger charge is 2.32. The van der Waals surface area contributed by atoms with Crippen molar-refractivity contribution in [2.75, 3.05) is 6.54 Å². The molecule has 2 rings (SSSR count). The van der Waals surface area contributed by atoms with Gasteiger partial charge in [-0.25, -0.2) is 0 Å². The number of likely N-dealkylation sites (tertiary alicyclic amines) is 1. The molecule has 1 aromatic rings. The van der Waals surface area contributed by atoms with E-state index in [1.54, 1.807) is 0 Å². The molecule has 3 atom stereocenters. The number of carbonyl (C=O) groups is 1. The molecule has 0 saturated carbocycles. The van der Waals surface area contributed by atoms with E-state index in [1.165, 1.54) is 5.56 Å². The van der Waals surface area contributed by atoms with Crippen LogP contribution in [0.15, 0.2) is 24.3 Å². The fourth-order valence-electron chi connectivity index (χ4n) is 3.01. The molecule has 0 radical (unpaired) electrons. The normalized spacial score (nSPS) is 24.2. The first-order chi connectivity index (χ1) is 9.90. The van der Waals surface area contributed by atoms with Crippen LogP contribution >= 0.6 is 11.6 Å². The topological polar surface area (TPSA) is 46.3 Å². The first kappa shape index (κ1) is 16.3. The van der Waals surface area contributed by atoms with Crippen LogP contribution in [0.4, 0.5) is 0 Å². The minimum absolute atomic E-state index is 0.0899. The molecule has 116 valence electrons. The number of piperidine rings is 1. The number of nitrogens with zero attached hydrogens (tertiary/aromatic N) is 1. The SMILES string of the molecule is CC(C)[C@@H](N)C(=O)N1CCC(c2ccc(Cl)cc2)CC1C. The van der Waals surface area contributed by atoms with E-state index >= 15 is 0 Å². The lowest BCUT2D eigenvalue weighted by Gasteiger charge is -2.39. The molecule has 1 heterocycles. The zero-order chi connectivity index (χ0) is 15.6. The fraction of sp³-hybridized carbons (Fsp3) is 0.588. The molecule has 1 amide bonds. The second-order valence-corrected chi connectivity index (χ2v) is 6.86. The molecule has 1 aliphatic heterocycles. The third-order valence-corrected chi connectivity index (χ3v) is 4.76. The van der Waals surface area contributed by atoms with Crippen molar-refractivity contribution >= 4 is 17.5 Å². The van der Waals surface area contributed by atoms with Gasteiger partial charge >= 0.3 is 0 Å². The summed E-state index contributed by atoms with van der Waals surface area (Å²) < 4.78 is 0. The maximum atomic E-state index is 12.4. The smallest absolute Gasteiger partial charge is 0.239 e. The molecule has 2 unspecified atom stereocenters. The standard InChI is InChI=1S/C17H25ClN2O/c1-11(2)16(19)17(21)20-9-8-14(10-12(20)3)13-4-6-15(18)7-5-13/h4-7,11-12,14,16H,8-10,19H2,1-3H3/t12?,14?,16-/m1/s1. The van der Waals surface area contributed by atoms with Crippen molar-refractivity contribution in [3.63, 3.8) is 0 Å². The monoisotopic (exact) mass is 308 g/mol. The molecule has 0 aliphatic carbocycles. The predicted octanol–water partition coefficient (Wildman–Crippen LogP) is 3.42. The molecule has 1 aliphatic rings. The van der Waals surface area contributed by atoms with Gasteiger partial charge in [-0.15, -0.1) is 0 Å². The average Bonchev–Trinajstić information content (AvgIpc) is 2.46. The van der Waals surface area contributed by atoms with Crippen LogP contribution < -0.4 is 5.73 Å². The van der Waals surface area contributed by atoms with Crippen LogP contribution in [0.3, 0.4) is 0 Å². The number of hydrogen-bond donors (Lipinski definition) is 1. The van der Waals surface area contributed by atoms with E-state index in [2.05, 4.69) is 19.1 Å². The number of nitrogens with two attached hydrogens (primary N) is 1. The quantitative estimate of drug-likeness (QED) is 0.930. The molecule has 3 nitrogen and oxygen atoms in total. The molecule has 2 N–H and O–H groups in total. The molecular weight excluding hydrogens is 284 g/mol. The highest BCUT2D eigenvalue weighted by atomic mass is 35.5. The Bertz CT molecular complexity index is 486. The van der Waals surface area contributed by atoms with E-state index in [9.17, 15) is 4.79 Å². The van der Waals surface area contributed by atoms with E-state index in [-0.39, 0.29) is 23.9 Å². The van der Waals surface area contributed by atoms with Crippen LogP contribution in [0.2, 0.25) is 5.02 Å². The summed E-state index contributed by atoms with van der Waals surface area (Å²) in [5, 5.41) is 0.766. The van der Waals surface area contributed by atoms with E-state index in [0.717, 1.165) is 24.4 Å². The molecule has 1 aromatic carbocycles. The Balaban J connectivity index is 2.02. The van der Waals surface area contributed by atoms with E-state index in [1.807, 2.05) is 30.9 Å². The maximum Gasteiger partial charge on any atom is 0.239 e. The Kier molecular flexibility index (Phi) is 5.28. The molecule has 4 heteroatoms. The molecule has 0 spiro atoms. The lowest BCUT2D eigenvalue weighted by atomic mass is 9.85. The van der Waals surface area contributed by atoms with Gasteiger partial charge in [-0.3, -0.25) is 4.79 Å². The van der Waals surface area contributed by atoms with Crippen molar-refractivity contribution in [2.24, 2.45) is 11.7 Å². The fourth-order valence-corrected chi connectivity index (χ4v) is 3.14. The Morgan fingerprint density at radius 3 is 2.48 bits per heavy atom. The summed E-state index contributed by atoms with van der Waals surface area (Å²) in [6.45, 7) is 6.89. The Morgan fingerprint density at radius 1 is 1.33 bits per heavy atom. The van der Waals surface area contributed by atoms with Crippen LogP contribution in [0.5, 0.6) is 0 Å². The van der Waals surface area contributed by atoms with Crippen molar-refractivity contribution in [1.29, 1.82) is 0 Å². The van der Waals surface area contributed by atoms with Crippen molar-refractivity contribution in [3.05, 3.63) is 34.9 Å². The first-order valence-corrected chi connectivity index (χ1v) is 8.09. The van der Waals surface area contributed by atoms with Gasteiger partial charge in [0.05, 0.1) is 6.04 Å². The van der Waals surface area contributed by atoms with Crippen molar-refractivity contribution in [2.45, 2.75) is 51.6 Å². The number of halogens is 1. The first-order valence-electron chi connectivity index (χ1n) is 7.71. The summed E-state index contributed by atoms with van der Waals surface area (Å²) in [5.74, 6) is 0.766. The van der Waals surface area contributed by atoms with Gasteiger partial charge in [-0.05, 0) is 49.3 Å². The molecular formula is C17H25ClN2O. The largest absolute Gasteiger partial charge is 0.339 e. The number of hydrogen-bond acceptors (Lipinski definition) is 2. The average molecular weight is 309 g/mol. The van der Waals surface area contributed by atoms with Gasteiger partial charge in [-0.1, -0.05) is 37.6 Å². The molecule has 1 saturated heterocycles. The summed E-state index contributed by atoms with van der Waals surface area (Å²) >= 11 is 5.94. The third-order valence-electron chi connectivity index (χ3n) is 4.50. The summed E-state index contributed by atoms with van der Waals surface area (Å²) in [4.78, 5) is 14.4. The Labute approximate surface area is 132 Å². The lowest BCUT2D eigenvalue weighted by Crippen LogP contribution is -2.52. The molecule has 21 heavy (non-hydrogen) atoms. The van der Waals surface area contributed by atoms with Crippen LogP contribution in [-0.4, -0.2) is 29.4 Å². The van der Waals surface area contributed by atoms with Gasteiger partial charge in [-0.2, -0.15) is 0 Å². The minimum Gasteiger partial charge on any atom is -0.339 e. The summed E-state index contributed by atoms with van der Waals surface area (Å²) in [6, 6.07) is 7.91. The molecule has 0 aromatic heterocycles. The van der Waals surface area contributed by atoms with Gasteiger partial charge in [0.15, 0.2) is 0 Å². The van der Waals surface area contributed by atoms with E-state index < -0.39 is 0 Å². The van der Waals surface area contributed by atoms with Crippen molar-refractivity contribution in [1.82, 2.24) is 4.90 Å². The number of benzene rings is 1. The Hall–Kier alpha value is -1.06. The molecule has 1 fully saturated rings. The highest BCUT2D eigenvalue weighted by molar-refractivity contribution is 6.30. The van der Waals surface area contributed by atoms with Gasteiger partial charge < -0.3 is 10.6 Å². The van der Waals surface area contributed by atoms with E-state index in [0.29, 0.717) is 5.92 Å².